The van der Waals surface area contributed by atoms with E-state index in [1.165, 1.54) is 57.2 Å². The second kappa shape index (κ2) is 21.7. The predicted octanol–water partition coefficient (Wildman–Crippen LogP) is -5.89. The molecule has 5 aromatic rings. The number of benzene rings is 4. The second-order valence-electron chi connectivity index (χ2n) is 12.9. The van der Waals surface area contributed by atoms with Crippen molar-refractivity contribution in [2.75, 3.05) is 34.0 Å². The summed E-state index contributed by atoms with van der Waals surface area (Å²) in [4.78, 5) is 37.7. The van der Waals surface area contributed by atoms with Crippen molar-refractivity contribution in [2.24, 2.45) is 0 Å². The number of aromatic nitrogens is 3. The number of carbonyl (C=O) groups is 2. The summed E-state index contributed by atoms with van der Waals surface area (Å²) in [6.07, 6.45) is 0. The van der Waals surface area contributed by atoms with Crippen molar-refractivity contribution >= 4 is 104 Å². The van der Waals surface area contributed by atoms with Gasteiger partial charge in [-0.3, -0.25) is 13.8 Å². The Labute approximate surface area is 493 Å². The molecule has 0 fully saturated rings. The summed E-state index contributed by atoms with van der Waals surface area (Å²) in [5, 5.41) is 7.94. The number of anilines is 7. The van der Waals surface area contributed by atoms with E-state index in [-0.39, 0.29) is 216 Å². The number of sulfone groups is 1. The third kappa shape index (κ3) is 12.7. The Balaban J connectivity index is 0.00000352. The maximum atomic E-state index is 13.9. The van der Waals surface area contributed by atoms with E-state index >= 15 is 0 Å². The Morgan fingerprint density at radius 1 is 0.683 bits per heavy atom. The molecule has 63 heavy (non-hydrogen) atoms. The Bertz CT molecular complexity index is 3150. The molecule has 0 unspecified atom stereocenters. The SMILES string of the molecule is Cc1c(Nc2nc(Cl)nc(Nc3ccc(S(=O)(=O)CCOS(=O)(=O)[O-])cc3)n2)c(C)c(S(=O)(=O)[O-])c(C)c1Nc1cc(S(=O)(=O)[O-])c(N)c2c1C(=O)c1ccccc1C2=O.[K+].[K+].[K+]. The van der Waals surface area contributed by atoms with Crippen molar-refractivity contribution in [3.05, 3.63) is 98.8 Å². The van der Waals surface area contributed by atoms with E-state index in [0.29, 0.717) is 0 Å². The Morgan fingerprint density at radius 2 is 1.19 bits per heavy atom. The minimum Gasteiger partial charge on any atom is -0.744 e. The second-order valence-corrected chi connectivity index (χ2v) is 19.0. The Kier molecular flexibility index (Phi) is 19.5. The molecule has 0 atom stereocenters. The summed E-state index contributed by atoms with van der Waals surface area (Å²) in [6, 6.07) is 11.2. The summed E-state index contributed by atoms with van der Waals surface area (Å²) in [5.41, 5.74) is 3.31. The molecule has 0 aliphatic heterocycles. The first-order valence-corrected chi connectivity index (χ1v) is 22.8. The fourth-order valence-corrected chi connectivity index (χ4v) is 9.72. The Hall–Kier alpha value is -0.731. The first kappa shape index (κ1) is 56.6. The molecule has 0 radical (unpaired) electrons. The van der Waals surface area contributed by atoms with Crippen LogP contribution in [0.1, 0.15) is 48.5 Å². The van der Waals surface area contributed by atoms with Gasteiger partial charge in [0, 0.05) is 22.5 Å². The first-order chi connectivity index (χ1) is 27.8. The van der Waals surface area contributed by atoms with Crippen molar-refractivity contribution < 1.29 is 215 Å². The standard InChI is InChI=1S/C34H30ClN7O14S4.3K/c1-15-27(38-22-14-23(58(47,48)49)26(36)25-24(22)29(43)20-6-4-5-7-21(20)30(25)44)16(2)31(59(50,51)52)17(3)28(15)39-34-41-32(35)40-33(42-34)37-18-8-10-19(11-9-18)57(45,46)13-12-56-60(53,54)55;;;/h4-11,14,38H,12-13,36H2,1-3H3,(H,47,48,49)(H,50,51,52)(H,53,54,55)(H2,37,39,40,41,42);;;/q;3*+1/p-3. The van der Waals surface area contributed by atoms with Crippen molar-refractivity contribution in [2.45, 2.75) is 35.5 Å². The van der Waals surface area contributed by atoms with Crippen LogP contribution in [0, 0.1) is 20.8 Å². The van der Waals surface area contributed by atoms with Gasteiger partial charge in [0.1, 0.15) is 20.2 Å². The minimum atomic E-state index is -5.39. The number of fused-ring (bicyclic) bond motifs is 2. The van der Waals surface area contributed by atoms with Crippen LogP contribution >= 0.6 is 11.6 Å². The smallest absolute Gasteiger partial charge is 0.744 e. The molecule has 0 bridgehead atoms. The number of halogens is 1. The topological polar surface area (TPSA) is 350 Å². The van der Waals surface area contributed by atoms with Gasteiger partial charge >= 0.3 is 154 Å². The van der Waals surface area contributed by atoms with Crippen LogP contribution in [-0.4, -0.2) is 86.2 Å². The summed E-state index contributed by atoms with van der Waals surface area (Å²) >= 11 is 6.19. The van der Waals surface area contributed by atoms with Crippen molar-refractivity contribution in [1.29, 1.82) is 0 Å². The van der Waals surface area contributed by atoms with Crippen LogP contribution in [0.25, 0.3) is 0 Å². The van der Waals surface area contributed by atoms with E-state index in [9.17, 15) is 56.9 Å². The van der Waals surface area contributed by atoms with Crippen LogP contribution in [0.15, 0.2) is 69.3 Å². The number of rotatable bonds is 13. The van der Waals surface area contributed by atoms with Crippen molar-refractivity contribution in [3.8, 4) is 0 Å². The molecule has 0 saturated carbocycles. The number of hydrogen-bond donors (Lipinski definition) is 4. The zero-order valence-corrected chi connectivity index (χ0v) is 47.1. The van der Waals surface area contributed by atoms with Crippen LogP contribution in [0.3, 0.4) is 0 Å². The van der Waals surface area contributed by atoms with E-state index in [1.807, 2.05) is 0 Å². The molecule has 6 rings (SSSR count). The van der Waals surface area contributed by atoms with Gasteiger partial charge in [-0.05, 0) is 79.4 Å². The number of nitrogen functional groups attached to an aromatic ring is 1. The molecule has 29 heteroatoms. The number of nitrogens with two attached hydrogens (primary N) is 1. The molecule has 1 aromatic heterocycles. The number of nitrogens with one attached hydrogen (secondary N) is 3. The molecule has 1 aliphatic rings. The van der Waals surface area contributed by atoms with Crippen LogP contribution < -0.4 is 176 Å². The molecule has 316 valence electrons. The van der Waals surface area contributed by atoms with Gasteiger partial charge in [0.15, 0.2) is 21.4 Å². The van der Waals surface area contributed by atoms with E-state index in [0.717, 1.165) is 18.2 Å². The van der Waals surface area contributed by atoms with E-state index in [1.54, 1.807) is 0 Å². The minimum absolute atomic E-state index is 0. The summed E-state index contributed by atoms with van der Waals surface area (Å²) in [5.74, 6) is -3.04. The molecule has 5 N–H and O–H groups in total. The normalized spacial score (nSPS) is 12.5. The van der Waals surface area contributed by atoms with Crippen LogP contribution in [0.5, 0.6) is 0 Å². The average molecular weight is 1040 g/mol. The summed E-state index contributed by atoms with van der Waals surface area (Å²) in [7, 11) is -19.9. The first-order valence-electron chi connectivity index (χ1n) is 16.6. The molecule has 4 aromatic carbocycles. The van der Waals surface area contributed by atoms with E-state index < -0.39 is 102 Å². The Morgan fingerprint density at radius 3 is 1.70 bits per heavy atom. The maximum Gasteiger partial charge on any atom is 1.00 e. The largest absolute Gasteiger partial charge is 1.00 e. The van der Waals surface area contributed by atoms with Gasteiger partial charge in [-0.1, -0.05) is 24.3 Å². The van der Waals surface area contributed by atoms with Crippen molar-refractivity contribution in [1.82, 2.24) is 15.0 Å². The van der Waals surface area contributed by atoms with Gasteiger partial charge in [-0.2, -0.15) is 15.0 Å². The van der Waals surface area contributed by atoms with Crippen LogP contribution in [0.2, 0.25) is 5.28 Å². The van der Waals surface area contributed by atoms with E-state index in [4.69, 9.17) is 17.3 Å². The average Bonchev–Trinajstić information content (AvgIpc) is 3.13. The van der Waals surface area contributed by atoms with E-state index in [2.05, 4.69) is 35.1 Å². The summed E-state index contributed by atoms with van der Waals surface area (Å²) < 4.78 is 137. The summed E-state index contributed by atoms with van der Waals surface area (Å²) in [6.45, 7) is 3.06. The molecule has 0 spiro atoms. The number of ketones is 2. The van der Waals surface area contributed by atoms with Gasteiger partial charge < -0.3 is 35.3 Å². The molecule has 1 aliphatic carbocycles. The molecular formula is C34H27ClK3N7O14S4. The van der Waals surface area contributed by atoms with Gasteiger partial charge in [-0.15, -0.1) is 0 Å². The van der Waals surface area contributed by atoms with Crippen molar-refractivity contribution in [3.63, 3.8) is 0 Å². The monoisotopic (exact) mass is 1040 g/mol. The van der Waals surface area contributed by atoms with Gasteiger partial charge in [0.25, 0.3) is 0 Å². The quantitative estimate of drug-likeness (QED) is 0.0362. The van der Waals surface area contributed by atoms with Gasteiger partial charge in [-0.25, -0.2) is 33.7 Å². The van der Waals surface area contributed by atoms with Gasteiger partial charge in [0.2, 0.25) is 27.6 Å². The zero-order valence-electron chi connectivity index (χ0n) is 33.8. The fraction of sp³-hybridized carbons (Fsp3) is 0.147. The predicted molar refractivity (Wildman–Crippen MR) is 210 cm³/mol. The third-order valence-corrected chi connectivity index (χ3v) is 13.4. The molecule has 0 amide bonds. The molecule has 1 heterocycles. The number of carbonyl (C=O) groups excluding carboxylic acids is 2. The zero-order chi connectivity index (χ0) is 44.3. The third-order valence-electron chi connectivity index (χ3n) is 9.05. The number of nitrogens with zero attached hydrogens (tertiary/aromatic N) is 3. The fourth-order valence-electron chi connectivity index (χ4n) is 6.49. The van der Waals surface area contributed by atoms with Crippen LogP contribution in [0.4, 0.5) is 40.3 Å². The number of hydrogen-bond acceptors (Lipinski definition) is 21. The molecular weight excluding hydrogens is 1010 g/mol. The maximum absolute atomic E-state index is 13.9. The molecule has 0 saturated heterocycles. The van der Waals surface area contributed by atoms with Gasteiger partial charge in [0.05, 0.1) is 55.2 Å². The molecule has 21 nitrogen and oxygen atoms in total. The van der Waals surface area contributed by atoms with Crippen LogP contribution in [-0.2, 0) is 44.7 Å².